The van der Waals surface area contributed by atoms with Crippen LogP contribution in [0.3, 0.4) is 0 Å². The highest BCUT2D eigenvalue weighted by Crippen LogP contribution is 2.72. The molecule has 0 N–H and O–H groups in total. The third-order valence-corrected chi connectivity index (χ3v) is 3.39. The zero-order valence-electron chi connectivity index (χ0n) is 6.36. The highest BCUT2D eigenvalue weighted by atomic mass is 14.7. The fraction of sp³-hybridized carbons (Fsp3) is 0.400. The molecule has 1 saturated carbocycles. The van der Waals surface area contributed by atoms with E-state index in [1.54, 1.807) is 0 Å². The molecule has 2 heteroatoms. The molecule has 3 aliphatic carbocycles. The van der Waals surface area contributed by atoms with Gasteiger partial charge in [-0.15, -0.1) is 0 Å². The summed E-state index contributed by atoms with van der Waals surface area (Å²) in [6.07, 6.45) is 6.00. The molecular weight excluding hydrogens is 148 g/mol. The summed E-state index contributed by atoms with van der Waals surface area (Å²) in [4.78, 5) is 0. The van der Waals surface area contributed by atoms with E-state index in [-0.39, 0.29) is 11.3 Å². The van der Waals surface area contributed by atoms with E-state index in [2.05, 4.69) is 12.1 Å². The van der Waals surface area contributed by atoms with Gasteiger partial charge in [0.25, 0.3) is 0 Å². The minimum atomic E-state index is -0.203. The minimum Gasteiger partial charge on any atom is -0.197 e. The van der Waals surface area contributed by atoms with Gasteiger partial charge in [0.15, 0.2) is 0 Å². The Morgan fingerprint density at radius 3 is 2.83 bits per heavy atom. The largest absolute Gasteiger partial charge is 0.197 e. The Balaban J connectivity index is 2.12. The molecular formula is C10H6N2. The Bertz CT molecular complexity index is 405. The molecule has 0 aliphatic heterocycles. The first-order valence-corrected chi connectivity index (χ1v) is 4.06. The van der Waals surface area contributed by atoms with Gasteiger partial charge in [0.1, 0.15) is 0 Å². The van der Waals surface area contributed by atoms with Gasteiger partial charge >= 0.3 is 0 Å². The second-order valence-electron chi connectivity index (χ2n) is 3.72. The van der Waals surface area contributed by atoms with E-state index in [0.29, 0.717) is 11.8 Å². The zero-order valence-corrected chi connectivity index (χ0v) is 6.36. The molecule has 1 fully saturated rings. The highest BCUT2D eigenvalue weighted by Gasteiger charge is 2.71. The Morgan fingerprint density at radius 1 is 1.42 bits per heavy atom. The first-order chi connectivity index (χ1) is 5.83. The average molecular weight is 154 g/mol. The van der Waals surface area contributed by atoms with Crippen LogP contribution in [0, 0.1) is 45.8 Å². The van der Waals surface area contributed by atoms with Crippen molar-refractivity contribution >= 4 is 0 Å². The second-order valence-corrected chi connectivity index (χ2v) is 3.72. The normalized spacial score (nSPS) is 50.8. The lowest BCUT2D eigenvalue weighted by Gasteiger charge is -2.02. The van der Waals surface area contributed by atoms with E-state index in [9.17, 15) is 0 Å². The van der Waals surface area contributed by atoms with Crippen LogP contribution in [0.1, 0.15) is 0 Å². The monoisotopic (exact) mass is 154 g/mol. The second kappa shape index (κ2) is 1.47. The number of rotatable bonds is 0. The molecule has 0 radical (unpaired) electrons. The molecule has 0 aromatic heterocycles. The van der Waals surface area contributed by atoms with Gasteiger partial charge < -0.3 is 0 Å². The third kappa shape index (κ3) is 0.374. The topological polar surface area (TPSA) is 47.6 Å². The van der Waals surface area contributed by atoms with Gasteiger partial charge in [0, 0.05) is 23.3 Å². The van der Waals surface area contributed by atoms with Crippen LogP contribution in [0.15, 0.2) is 23.8 Å². The van der Waals surface area contributed by atoms with Crippen LogP contribution in [0.4, 0.5) is 0 Å². The van der Waals surface area contributed by atoms with E-state index in [1.807, 2.05) is 18.2 Å². The maximum absolute atomic E-state index is 8.93. The summed E-state index contributed by atoms with van der Waals surface area (Å²) in [6, 6.07) is 4.54. The maximum Gasteiger partial charge on any atom is 0.0950 e. The molecule has 0 amide bonds. The van der Waals surface area contributed by atoms with E-state index < -0.39 is 0 Å². The molecule has 0 aromatic carbocycles. The Kier molecular flexibility index (Phi) is 0.739. The first-order valence-electron chi connectivity index (χ1n) is 4.06. The predicted molar refractivity (Wildman–Crippen MR) is 41.4 cm³/mol. The maximum atomic E-state index is 8.93. The first kappa shape index (κ1) is 6.03. The van der Waals surface area contributed by atoms with E-state index in [4.69, 9.17) is 10.5 Å². The molecule has 0 spiro atoms. The van der Waals surface area contributed by atoms with Crippen LogP contribution in [-0.4, -0.2) is 0 Å². The van der Waals surface area contributed by atoms with E-state index >= 15 is 0 Å². The Labute approximate surface area is 70.4 Å². The highest BCUT2D eigenvalue weighted by molar-refractivity contribution is 5.53. The summed E-state index contributed by atoms with van der Waals surface area (Å²) < 4.78 is 0. The lowest BCUT2D eigenvalue weighted by Crippen LogP contribution is -2.01. The van der Waals surface area contributed by atoms with Crippen molar-refractivity contribution in [3.05, 3.63) is 23.8 Å². The minimum absolute atomic E-state index is 0.203. The molecule has 0 aromatic rings. The van der Waals surface area contributed by atoms with Crippen molar-refractivity contribution in [2.45, 2.75) is 0 Å². The Hall–Kier alpha value is -1.54. The zero-order chi connectivity index (χ0) is 8.34. The van der Waals surface area contributed by atoms with Crippen molar-refractivity contribution in [3.63, 3.8) is 0 Å². The van der Waals surface area contributed by atoms with Crippen LogP contribution in [0.2, 0.25) is 0 Å². The molecule has 12 heavy (non-hydrogen) atoms. The summed E-state index contributed by atoms with van der Waals surface area (Å²) in [5.41, 5.74) is 0.662. The van der Waals surface area contributed by atoms with Gasteiger partial charge in [-0.3, -0.25) is 0 Å². The summed E-state index contributed by atoms with van der Waals surface area (Å²) in [5, 5.41) is 17.7. The van der Waals surface area contributed by atoms with Gasteiger partial charge in [-0.1, -0.05) is 18.2 Å². The number of allylic oxidation sites excluding steroid dienone is 4. The number of nitrogens with zero attached hydrogens (tertiary/aromatic N) is 2. The van der Waals surface area contributed by atoms with Crippen molar-refractivity contribution in [1.29, 1.82) is 10.5 Å². The molecule has 2 nitrogen and oxygen atoms in total. The Morgan fingerprint density at radius 2 is 2.25 bits per heavy atom. The van der Waals surface area contributed by atoms with E-state index in [0.717, 1.165) is 5.57 Å². The van der Waals surface area contributed by atoms with Crippen molar-refractivity contribution in [2.75, 3.05) is 0 Å². The van der Waals surface area contributed by atoms with Crippen molar-refractivity contribution in [3.8, 4) is 12.1 Å². The third-order valence-electron chi connectivity index (χ3n) is 3.39. The molecule has 3 rings (SSSR count). The van der Waals surface area contributed by atoms with Gasteiger partial charge in [-0.05, 0) is 0 Å². The van der Waals surface area contributed by atoms with Gasteiger partial charge in [-0.2, -0.15) is 10.5 Å². The van der Waals surface area contributed by atoms with E-state index in [1.165, 1.54) is 0 Å². The van der Waals surface area contributed by atoms with Crippen LogP contribution in [0.5, 0.6) is 0 Å². The fourth-order valence-corrected chi connectivity index (χ4v) is 2.73. The number of nitriles is 2. The SMILES string of the molecule is N#CC1=CC2C3C1C=CC23C#N. The summed E-state index contributed by atoms with van der Waals surface area (Å²) in [5.74, 6) is 1.03. The molecule has 56 valence electrons. The molecule has 0 heterocycles. The quantitative estimate of drug-likeness (QED) is 0.495. The van der Waals surface area contributed by atoms with Gasteiger partial charge in [0.05, 0.1) is 17.6 Å². The standard InChI is InChI=1S/C10H6N2/c11-4-6-3-8-9-7(6)1-2-10(8,9)5-12/h1-3,7-9H. The molecule has 4 unspecified atom stereocenters. The van der Waals surface area contributed by atoms with Crippen molar-refractivity contribution in [1.82, 2.24) is 0 Å². The van der Waals surface area contributed by atoms with Crippen LogP contribution >= 0.6 is 0 Å². The van der Waals surface area contributed by atoms with Crippen LogP contribution in [-0.2, 0) is 0 Å². The summed E-state index contributed by atoms with van der Waals surface area (Å²) >= 11 is 0. The molecule has 0 bridgehead atoms. The van der Waals surface area contributed by atoms with Gasteiger partial charge in [-0.25, -0.2) is 0 Å². The number of hydrogen-bond donors (Lipinski definition) is 0. The molecule has 0 saturated heterocycles. The lowest BCUT2D eigenvalue weighted by molar-refractivity contribution is 0.647. The van der Waals surface area contributed by atoms with Crippen LogP contribution in [0.25, 0.3) is 0 Å². The van der Waals surface area contributed by atoms with Crippen molar-refractivity contribution in [2.24, 2.45) is 23.2 Å². The fourth-order valence-electron chi connectivity index (χ4n) is 2.73. The lowest BCUT2D eigenvalue weighted by atomic mass is 9.97. The average Bonchev–Trinajstić information content (AvgIpc) is 2.42. The smallest absolute Gasteiger partial charge is 0.0950 e. The van der Waals surface area contributed by atoms with Crippen LogP contribution < -0.4 is 0 Å². The van der Waals surface area contributed by atoms with Gasteiger partial charge in [0.2, 0.25) is 0 Å². The predicted octanol–water partition coefficient (Wildman–Crippen LogP) is 1.39. The van der Waals surface area contributed by atoms with Crippen molar-refractivity contribution < 1.29 is 0 Å². The number of fused-ring (bicyclic) bond motifs is 1. The number of hydrogen-bond acceptors (Lipinski definition) is 2. The molecule has 4 atom stereocenters. The molecule has 3 aliphatic rings. The summed E-state index contributed by atoms with van der Waals surface area (Å²) in [7, 11) is 0. The summed E-state index contributed by atoms with van der Waals surface area (Å²) in [6.45, 7) is 0.